The van der Waals surface area contributed by atoms with Gasteiger partial charge in [-0.3, -0.25) is 0 Å². The van der Waals surface area contributed by atoms with Crippen molar-refractivity contribution in [2.75, 3.05) is 13.4 Å². The normalized spacial score (nSPS) is 17.7. The molecule has 0 fully saturated rings. The standard InChI is InChI=1S/C17H17BrN2O3S/c1-23-15-5-3-4-13(10-15)17-11-16(19-20(17)24(2,21)22)12-6-8-14(18)9-7-12/h3-10,17H,11H2,1-2H3. The minimum atomic E-state index is -3.47. The van der Waals surface area contributed by atoms with Crippen molar-refractivity contribution in [1.82, 2.24) is 4.41 Å². The summed E-state index contributed by atoms with van der Waals surface area (Å²) in [6, 6.07) is 14.8. The Morgan fingerprint density at radius 2 is 1.92 bits per heavy atom. The van der Waals surface area contributed by atoms with Crippen molar-refractivity contribution in [3.8, 4) is 5.75 Å². The van der Waals surface area contributed by atoms with E-state index in [-0.39, 0.29) is 6.04 Å². The van der Waals surface area contributed by atoms with Gasteiger partial charge in [0.15, 0.2) is 0 Å². The molecule has 0 bridgehead atoms. The summed E-state index contributed by atoms with van der Waals surface area (Å²) in [5.41, 5.74) is 2.52. The molecule has 1 atom stereocenters. The summed E-state index contributed by atoms with van der Waals surface area (Å²) in [5, 5.41) is 4.38. The lowest BCUT2D eigenvalue weighted by molar-refractivity contribution is 0.371. The van der Waals surface area contributed by atoms with Gasteiger partial charge in [-0.2, -0.15) is 9.52 Å². The van der Waals surface area contributed by atoms with Crippen molar-refractivity contribution in [3.05, 3.63) is 64.1 Å². The second-order valence-electron chi connectivity index (χ2n) is 5.59. The number of nitrogens with zero attached hydrogens (tertiary/aromatic N) is 2. The summed E-state index contributed by atoms with van der Waals surface area (Å²) in [6.45, 7) is 0. The van der Waals surface area contributed by atoms with Crippen LogP contribution in [0.2, 0.25) is 0 Å². The molecule has 0 aliphatic carbocycles. The minimum absolute atomic E-state index is 0.367. The Morgan fingerprint density at radius 1 is 1.21 bits per heavy atom. The lowest BCUT2D eigenvalue weighted by Gasteiger charge is -2.21. The molecule has 0 aromatic heterocycles. The highest BCUT2D eigenvalue weighted by Crippen LogP contribution is 2.35. The Morgan fingerprint density at radius 3 is 2.54 bits per heavy atom. The van der Waals surface area contributed by atoms with E-state index in [4.69, 9.17) is 4.74 Å². The molecule has 2 aromatic carbocycles. The molecule has 0 amide bonds. The zero-order valence-electron chi connectivity index (χ0n) is 13.3. The maximum absolute atomic E-state index is 12.2. The van der Waals surface area contributed by atoms with E-state index in [1.807, 2.05) is 48.5 Å². The van der Waals surface area contributed by atoms with Gasteiger partial charge in [0.1, 0.15) is 5.75 Å². The number of sulfonamides is 1. The molecule has 3 rings (SSSR count). The first-order valence-electron chi connectivity index (χ1n) is 7.35. The van der Waals surface area contributed by atoms with Crippen molar-refractivity contribution in [2.45, 2.75) is 12.5 Å². The first-order valence-corrected chi connectivity index (χ1v) is 9.99. The molecular formula is C17H17BrN2O3S. The Labute approximate surface area is 150 Å². The number of methoxy groups -OCH3 is 1. The zero-order valence-corrected chi connectivity index (χ0v) is 15.7. The van der Waals surface area contributed by atoms with Crippen molar-refractivity contribution in [2.24, 2.45) is 5.10 Å². The number of rotatable bonds is 4. The van der Waals surface area contributed by atoms with E-state index in [1.54, 1.807) is 7.11 Å². The minimum Gasteiger partial charge on any atom is -0.497 e. The number of benzene rings is 2. The van der Waals surface area contributed by atoms with Gasteiger partial charge in [-0.05, 0) is 35.4 Å². The number of hydrogen-bond acceptors (Lipinski definition) is 4. The molecule has 24 heavy (non-hydrogen) atoms. The zero-order chi connectivity index (χ0) is 17.3. The van der Waals surface area contributed by atoms with E-state index in [9.17, 15) is 8.42 Å². The molecule has 2 aromatic rings. The van der Waals surface area contributed by atoms with Crippen molar-refractivity contribution in [1.29, 1.82) is 0 Å². The van der Waals surface area contributed by atoms with Crippen LogP contribution in [0, 0.1) is 0 Å². The maximum atomic E-state index is 12.2. The van der Waals surface area contributed by atoms with Gasteiger partial charge in [0, 0.05) is 10.9 Å². The first kappa shape index (κ1) is 17.0. The predicted octanol–water partition coefficient (Wildman–Crippen LogP) is 3.57. The van der Waals surface area contributed by atoms with Gasteiger partial charge in [0.25, 0.3) is 0 Å². The van der Waals surface area contributed by atoms with Crippen molar-refractivity contribution < 1.29 is 13.2 Å². The van der Waals surface area contributed by atoms with Crippen LogP contribution in [0.5, 0.6) is 5.75 Å². The maximum Gasteiger partial charge on any atom is 0.247 e. The van der Waals surface area contributed by atoms with Crippen molar-refractivity contribution >= 4 is 31.7 Å². The Hall–Kier alpha value is -1.86. The summed E-state index contributed by atoms with van der Waals surface area (Å²) in [4.78, 5) is 0. The fourth-order valence-electron chi connectivity index (χ4n) is 2.71. The number of hydrogen-bond donors (Lipinski definition) is 0. The van der Waals surface area contributed by atoms with Gasteiger partial charge in [-0.15, -0.1) is 0 Å². The van der Waals surface area contributed by atoms with Gasteiger partial charge < -0.3 is 4.74 Å². The average molecular weight is 409 g/mol. The Kier molecular flexibility index (Phi) is 4.64. The predicted molar refractivity (Wildman–Crippen MR) is 97.7 cm³/mol. The highest BCUT2D eigenvalue weighted by Gasteiger charge is 2.34. The molecule has 0 spiro atoms. The SMILES string of the molecule is COc1cccc(C2CC(c3ccc(Br)cc3)=NN2S(C)(=O)=O)c1. The molecule has 1 aliphatic rings. The van der Waals surface area contributed by atoms with Crippen molar-refractivity contribution in [3.63, 3.8) is 0 Å². The van der Waals surface area contributed by atoms with Gasteiger partial charge in [-0.1, -0.05) is 40.2 Å². The fraction of sp³-hybridized carbons (Fsp3) is 0.235. The summed E-state index contributed by atoms with van der Waals surface area (Å²) in [7, 11) is -1.88. The van der Waals surface area contributed by atoms with Crippen LogP contribution in [0.25, 0.3) is 0 Å². The van der Waals surface area contributed by atoms with Crippen LogP contribution in [-0.2, 0) is 10.0 Å². The lowest BCUT2D eigenvalue weighted by atomic mass is 9.99. The molecule has 0 N–H and O–H groups in total. The summed E-state index contributed by atoms with van der Waals surface area (Å²) in [6.07, 6.45) is 1.69. The first-order chi connectivity index (χ1) is 11.4. The van der Waals surface area contributed by atoms with Crippen LogP contribution in [-0.4, -0.2) is 31.9 Å². The molecule has 1 unspecified atom stereocenters. The molecule has 1 heterocycles. The van der Waals surface area contributed by atoms with E-state index < -0.39 is 10.0 Å². The molecule has 5 nitrogen and oxygen atoms in total. The van der Waals surface area contributed by atoms with Crippen LogP contribution in [0.15, 0.2) is 58.1 Å². The van der Waals surface area contributed by atoms with Crippen LogP contribution in [0.3, 0.4) is 0 Å². The fourth-order valence-corrected chi connectivity index (χ4v) is 3.88. The monoisotopic (exact) mass is 408 g/mol. The molecule has 0 saturated heterocycles. The van der Waals surface area contributed by atoms with E-state index in [0.717, 1.165) is 21.3 Å². The molecule has 0 radical (unpaired) electrons. The highest BCUT2D eigenvalue weighted by molar-refractivity contribution is 9.10. The number of halogens is 1. The van der Waals surface area contributed by atoms with Gasteiger partial charge in [0.2, 0.25) is 10.0 Å². The largest absolute Gasteiger partial charge is 0.497 e. The molecule has 1 aliphatic heterocycles. The molecular weight excluding hydrogens is 392 g/mol. The second kappa shape index (κ2) is 6.57. The van der Waals surface area contributed by atoms with E-state index in [0.29, 0.717) is 12.2 Å². The third-order valence-electron chi connectivity index (χ3n) is 3.87. The lowest BCUT2D eigenvalue weighted by Crippen LogP contribution is -2.25. The second-order valence-corrected chi connectivity index (χ2v) is 8.34. The Balaban J connectivity index is 2.00. The summed E-state index contributed by atoms with van der Waals surface area (Å²) < 4.78 is 31.8. The van der Waals surface area contributed by atoms with E-state index >= 15 is 0 Å². The molecule has 126 valence electrons. The summed E-state index contributed by atoms with van der Waals surface area (Å²) >= 11 is 3.40. The highest BCUT2D eigenvalue weighted by atomic mass is 79.9. The topological polar surface area (TPSA) is 59.0 Å². The quantitative estimate of drug-likeness (QED) is 0.776. The Bertz CT molecular complexity index is 879. The molecule has 7 heteroatoms. The van der Waals surface area contributed by atoms with Gasteiger partial charge in [-0.25, -0.2) is 8.42 Å². The molecule has 0 saturated carbocycles. The third-order valence-corrected chi connectivity index (χ3v) is 5.41. The van der Waals surface area contributed by atoms with Crippen LogP contribution in [0.1, 0.15) is 23.6 Å². The third kappa shape index (κ3) is 3.47. The van der Waals surface area contributed by atoms with Crippen LogP contribution < -0.4 is 4.74 Å². The number of hydrazone groups is 1. The summed E-state index contributed by atoms with van der Waals surface area (Å²) in [5.74, 6) is 0.693. The van der Waals surface area contributed by atoms with E-state index in [2.05, 4.69) is 21.0 Å². The van der Waals surface area contributed by atoms with Crippen LogP contribution >= 0.6 is 15.9 Å². The number of ether oxygens (including phenoxy) is 1. The van der Waals surface area contributed by atoms with E-state index in [1.165, 1.54) is 10.7 Å². The van der Waals surface area contributed by atoms with Gasteiger partial charge >= 0.3 is 0 Å². The van der Waals surface area contributed by atoms with Gasteiger partial charge in [0.05, 0.1) is 25.1 Å². The average Bonchev–Trinajstić information content (AvgIpc) is 3.01. The smallest absolute Gasteiger partial charge is 0.247 e. The van der Waals surface area contributed by atoms with Crippen LogP contribution in [0.4, 0.5) is 0 Å².